The third-order valence-electron chi connectivity index (χ3n) is 3.33. The number of carbonyl (C=O) groups excluding carboxylic acids is 1. The summed E-state index contributed by atoms with van der Waals surface area (Å²) in [7, 11) is 0. The summed E-state index contributed by atoms with van der Waals surface area (Å²) in [5.74, 6) is 0. The molecule has 0 spiro atoms. The zero-order valence-electron chi connectivity index (χ0n) is 13.1. The molecule has 0 bridgehead atoms. The number of hydrogen-bond acceptors (Lipinski definition) is 4. The highest BCUT2D eigenvalue weighted by molar-refractivity contribution is 5.67. The van der Waals surface area contributed by atoms with Crippen molar-refractivity contribution in [2.45, 2.75) is 51.7 Å². The fraction of sp³-hybridized carbons (Fsp3) is 0.733. The van der Waals surface area contributed by atoms with Crippen LogP contribution >= 0.6 is 0 Å². The highest BCUT2D eigenvalue weighted by Crippen LogP contribution is 2.21. The van der Waals surface area contributed by atoms with Crippen molar-refractivity contribution in [1.82, 2.24) is 14.9 Å². The van der Waals surface area contributed by atoms with Crippen LogP contribution in [0.3, 0.4) is 0 Å². The Labute approximate surface area is 125 Å². The van der Waals surface area contributed by atoms with Gasteiger partial charge in [0, 0.05) is 31.5 Å². The van der Waals surface area contributed by atoms with Crippen LogP contribution in [0.25, 0.3) is 0 Å². The molecule has 6 heteroatoms. The van der Waals surface area contributed by atoms with Gasteiger partial charge >= 0.3 is 6.09 Å². The minimum absolute atomic E-state index is 0.359. The molecule has 0 saturated carbocycles. The molecule has 1 aromatic heterocycles. The molecule has 1 aromatic rings. The van der Waals surface area contributed by atoms with Crippen molar-refractivity contribution < 1.29 is 14.3 Å². The van der Waals surface area contributed by atoms with Gasteiger partial charge in [0.05, 0.1) is 19.0 Å². The van der Waals surface area contributed by atoms with Gasteiger partial charge in [-0.2, -0.15) is 0 Å². The highest BCUT2D eigenvalue weighted by atomic mass is 16.6. The first-order chi connectivity index (χ1) is 9.96. The van der Waals surface area contributed by atoms with Gasteiger partial charge in [0.2, 0.25) is 0 Å². The molecule has 1 fully saturated rings. The maximum Gasteiger partial charge on any atom is 0.407 e. The Balaban J connectivity index is 1.81. The minimum Gasteiger partial charge on any atom is -0.444 e. The first kappa shape index (κ1) is 15.8. The van der Waals surface area contributed by atoms with E-state index in [1.54, 1.807) is 0 Å². The van der Waals surface area contributed by atoms with E-state index in [9.17, 15) is 4.79 Å². The van der Waals surface area contributed by atoms with Crippen molar-refractivity contribution in [2.75, 3.05) is 19.8 Å². The summed E-state index contributed by atoms with van der Waals surface area (Å²) in [6.07, 6.45) is 6.25. The number of ether oxygens (including phenoxy) is 2. The van der Waals surface area contributed by atoms with E-state index in [-0.39, 0.29) is 6.09 Å². The molecule has 6 nitrogen and oxygen atoms in total. The molecule has 1 unspecified atom stereocenters. The lowest BCUT2D eigenvalue weighted by molar-refractivity contribution is 0.0525. The Kier molecular flexibility index (Phi) is 5.22. The number of aromatic nitrogens is 2. The lowest BCUT2D eigenvalue weighted by Crippen LogP contribution is -2.34. The minimum atomic E-state index is -0.467. The van der Waals surface area contributed by atoms with E-state index in [2.05, 4.69) is 14.9 Å². The topological polar surface area (TPSA) is 65.4 Å². The van der Waals surface area contributed by atoms with E-state index >= 15 is 0 Å². The molecule has 1 N–H and O–H groups in total. The molecule has 118 valence electrons. The molecule has 0 radical (unpaired) electrons. The summed E-state index contributed by atoms with van der Waals surface area (Å²) >= 11 is 0. The second-order valence-electron chi connectivity index (χ2n) is 6.34. The number of imidazole rings is 1. The van der Waals surface area contributed by atoms with Gasteiger partial charge in [-0.15, -0.1) is 0 Å². The van der Waals surface area contributed by atoms with Gasteiger partial charge in [-0.25, -0.2) is 9.78 Å². The zero-order valence-corrected chi connectivity index (χ0v) is 13.1. The fourth-order valence-corrected chi connectivity index (χ4v) is 2.40. The monoisotopic (exact) mass is 295 g/mol. The predicted molar refractivity (Wildman–Crippen MR) is 79.3 cm³/mol. The number of amides is 1. The lowest BCUT2D eigenvalue weighted by Gasteiger charge is -2.25. The van der Waals surface area contributed by atoms with Gasteiger partial charge < -0.3 is 19.4 Å². The first-order valence-corrected chi connectivity index (χ1v) is 7.51. The number of alkyl carbamates (subject to hydrolysis) is 1. The summed E-state index contributed by atoms with van der Waals surface area (Å²) in [6, 6.07) is 0.359. The van der Waals surface area contributed by atoms with Gasteiger partial charge in [0.1, 0.15) is 5.60 Å². The Morgan fingerprint density at radius 3 is 3.05 bits per heavy atom. The van der Waals surface area contributed by atoms with E-state index in [0.717, 1.165) is 38.2 Å². The maximum absolute atomic E-state index is 11.6. The van der Waals surface area contributed by atoms with E-state index in [1.165, 1.54) is 0 Å². The van der Waals surface area contributed by atoms with Crippen LogP contribution in [0, 0.1) is 0 Å². The van der Waals surface area contributed by atoms with Crippen LogP contribution in [0.2, 0.25) is 0 Å². The molecule has 1 amide bonds. The average molecular weight is 295 g/mol. The quantitative estimate of drug-likeness (QED) is 0.925. The smallest absolute Gasteiger partial charge is 0.407 e. The number of nitrogens with zero attached hydrogens (tertiary/aromatic N) is 2. The van der Waals surface area contributed by atoms with E-state index in [0.29, 0.717) is 12.6 Å². The molecule has 0 aliphatic carbocycles. The second kappa shape index (κ2) is 6.93. The van der Waals surface area contributed by atoms with Crippen LogP contribution in [0.1, 0.15) is 45.3 Å². The SMILES string of the molecule is CC(C)(C)OC(=O)NCCc1cncn1C1CCCOC1. The summed E-state index contributed by atoms with van der Waals surface area (Å²) in [6.45, 7) is 7.68. The molecule has 21 heavy (non-hydrogen) atoms. The van der Waals surface area contributed by atoms with Gasteiger partial charge in [0.15, 0.2) is 0 Å². The number of carbonyl (C=O) groups is 1. The van der Waals surface area contributed by atoms with Crippen molar-refractivity contribution in [3.8, 4) is 0 Å². The molecular formula is C15H25N3O3. The van der Waals surface area contributed by atoms with Gasteiger partial charge in [-0.3, -0.25) is 0 Å². The van der Waals surface area contributed by atoms with Crippen LogP contribution < -0.4 is 5.32 Å². The molecule has 0 aromatic carbocycles. The normalized spacial score (nSPS) is 19.3. The average Bonchev–Trinajstić information content (AvgIpc) is 2.86. The third kappa shape index (κ3) is 5.04. The number of rotatable bonds is 4. The van der Waals surface area contributed by atoms with Crippen LogP contribution in [-0.2, 0) is 15.9 Å². The zero-order chi connectivity index (χ0) is 15.3. The number of hydrogen-bond donors (Lipinski definition) is 1. The molecule has 1 aliphatic heterocycles. The summed E-state index contributed by atoms with van der Waals surface area (Å²) < 4.78 is 12.9. The molecule has 1 saturated heterocycles. The Bertz CT molecular complexity index is 459. The van der Waals surface area contributed by atoms with Crippen LogP contribution in [0.5, 0.6) is 0 Å². The number of nitrogens with one attached hydrogen (secondary N) is 1. The predicted octanol–water partition coefficient (Wildman–Crippen LogP) is 2.30. The van der Waals surface area contributed by atoms with Gasteiger partial charge in [0.25, 0.3) is 0 Å². The van der Waals surface area contributed by atoms with Crippen LogP contribution in [0.4, 0.5) is 4.79 Å². The highest BCUT2D eigenvalue weighted by Gasteiger charge is 2.19. The van der Waals surface area contributed by atoms with E-state index in [4.69, 9.17) is 9.47 Å². The van der Waals surface area contributed by atoms with E-state index in [1.807, 2.05) is 33.3 Å². The largest absolute Gasteiger partial charge is 0.444 e. The van der Waals surface area contributed by atoms with Crippen molar-refractivity contribution in [2.24, 2.45) is 0 Å². The van der Waals surface area contributed by atoms with Crippen molar-refractivity contribution in [3.05, 3.63) is 18.2 Å². The Hall–Kier alpha value is -1.56. The fourth-order valence-electron chi connectivity index (χ4n) is 2.40. The van der Waals surface area contributed by atoms with Gasteiger partial charge in [-0.1, -0.05) is 0 Å². The maximum atomic E-state index is 11.6. The van der Waals surface area contributed by atoms with Crippen LogP contribution in [0.15, 0.2) is 12.5 Å². The van der Waals surface area contributed by atoms with Crippen molar-refractivity contribution in [1.29, 1.82) is 0 Å². The van der Waals surface area contributed by atoms with Gasteiger partial charge in [-0.05, 0) is 33.6 Å². The summed E-state index contributed by atoms with van der Waals surface area (Å²) in [5.41, 5.74) is 0.646. The van der Waals surface area contributed by atoms with E-state index < -0.39 is 5.60 Å². The van der Waals surface area contributed by atoms with Crippen molar-refractivity contribution in [3.63, 3.8) is 0 Å². The molecule has 1 atom stereocenters. The molecule has 1 aliphatic rings. The second-order valence-corrected chi connectivity index (χ2v) is 6.34. The molecule has 2 heterocycles. The van der Waals surface area contributed by atoms with Crippen molar-refractivity contribution >= 4 is 6.09 Å². The third-order valence-corrected chi connectivity index (χ3v) is 3.33. The Morgan fingerprint density at radius 1 is 1.57 bits per heavy atom. The Morgan fingerprint density at radius 2 is 2.38 bits per heavy atom. The standard InChI is InChI=1S/C15H25N3O3/c1-15(2,3)21-14(19)17-7-6-12-9-16-11-18(12)13-5-4-8-20-10-13/h9,11,13H,4-8,10H2,1-3H3,(H,17,19). The molecule has 2 rings (SSSR count). The lowest BCUT2D eigenvalue weighted by atomic mass is 10.1. The first-order valence-electron chi connectivity index (χ1n) is 7.51. The molecular weight excluding hydrogens is 270 g/mol. The van der Waals surface area contributed by atoms with Crippen LogP contribution in [-0.4, -0.2) is 41.0 Å². The summed E-state index contributed by atoms with van der Waals surface area (Å²) in [5, 5.41) is 2.77. The summed E-state index contributed by atoms with van der Waals surface area (Å²) in [4.78, 5) is 15.8.